The Morgan fingerprint density at radius 3 is 2.04 bits per heavy atom. The molecule has 0 unspecified atom stereocenters. The monoisotopic (exact) mass is 661 g/mol. The van der Waals surface area contributed by atoms with E-state index in [0.29, 0.717) is 5.75 Å². The Hall–Kier alpha value is -4.34. The van der Waals surface area contributed by atoms with Gasteiger partial charge in [-0.2, -0.15) is 0 Å². The van der Waals surface area contributed by atoms with Crippen molar-refractivity contribution >= 4 is 39.1 Å². The molecule has 0 aromatic heterocycles. The fourth-order valence-corrected chi connectivity index (χ4v) is 6.63. The summed E-state index contributed by atoms with van der Waals surface area (Å²) in [6.07, 6.45) is 0.222. The predicted octanol–water partition coefficient (Wildman–Crippen LogP) is 6.41. The maximum atomic E-state index is 14.6. The van der Waals surface area contributed by atoms with Crippen molar-refractivity contribution in [3.8, 4) is 5.75 Å². The highest BCUT2D eigenvalue weighted by Gasteiger charge is 2.35. The first-order valence-electron chi connectivity index (χ1n) is 14.9. The number of carbonyl (C=O) groups is 2. The van der Waals surface area contributed by atoms with E-state index in [1.165, 1.54) is 36.3 Å². The van der Waals surface area contributed by atoms with Crippen LogP contribution >= 0.6 is 11.6 Å². The molecule has 4 rings (SSSR count). The van der Waals surface area contributed by atoms with Gasteiger partial charge in [0.05, 0.1) is 22.7 Å². The Balaban J connectivity index is 1.83. The van der Waals surface area contributed by atoms with E-state index in [4.69, 9.17) is 16.3 Å². The minimum Gasteiger partial charge on any atom is -0.495 e. The highest BCUT2D eigenvalue weighted by molar-refractivity contribution is 7.92. The van der Waals surface area contributed by atoms with E-state index < -0.39 is 34.1 Å². The molecule has 2 amide bonds. The van der Waals surface area contributed by atoms with Crippen molar-refractivity contribution in [2.45, 2.75) is 57.1 Å². The number of benzene rings is 4. The molecule has 0 aliphatic heterocycles. The van der Waals surface area contributed by atoms with Crippen LogP contribution in [0.1, 0.15) is 37.5 Å². The lowest BCUT2D eigenvalue weighted by Gasteiger charge is -2.35. The number of methoxy groups -OCH3 is 1. The summed E-state index contributed by atoms with van der Waals surface area (Å²) < 4.78 is 34.6. The maximum Gasteiger partial charge on any atom is 0.264 e. The third-order valence-electron chi connectivity index (χ3n) is 7.28. The molecule has 10 heteroatoms. The summed E-state index contributed by atoms with van der Waals surface area (Å²) in [6, 6.07) is 28.6. The van der Waals surface area contributed by atoms with E-state index >= 15 is 0 Å². The molecule has 1 atom stereocenters. The smallest absolute Gasteiger partial charge is 0.264 e. The van der Waals surface area contributed by atoms with Gasteiger partial charge in [-0.3, -0.25) is 13.9 Å². The van der Waals surface area contributed by atoms with Crippen molar-refractivity contribution in [3.63, 3.8) is 0 Å². The molecule has 1 N–H and O–H groups in total. The third-order valence-corrected chi connectivity index (χ3v) is 9.36. The number of halogens is 1. The number of ether oxygens (including phenoxy) is 1. The standard InChI is InChI=1S/C36H40ClN3O5S/c1-26-16-18-28(19-17-26)24-39(32(35(42)38-36(2,3)4)22-27-12-8-6-9-13-27)34(41)25-40(29-20-21-33(45-5)31(37)23-29)46(43,44)30-14-10-7-11-15-30/h6-21,23,32H,22,24-25H2,1-5H3,(H,38,42)/t32-/m1/s1. The highest BCUT2D eigenvalue weighted by Crippen LogP contribution is 2.32. The summed E-state index contributed by atoms with van der Waals surface area (Å²) in [4.78, 5) is 30.0. The lowest BCUT2D eigenvalue weighted by molar-refractivity contribution is -0.140. The summed E-state index contributed by atoms with van der Waals surface area (Å²) in [5.41, 5.74) is 2.30. The van der Waals surface area contributed by atoms with E-state index in [1.54, 1.807) is 24.3 Å². The van der Waals surface area contributed by atoms with Gasteiger partial charge in [0, 0.05) is 18.5 Å². The summed E-state index contributed by atoms with van der Waals surface area (Å²) in [5, 5.41) is 3.22. The molecule has 4 aromatic rings. The molecule has 0 heterocycles. The second kappa shape index (κ2) is 14.8. The molecule has 0 aliphatic carbocycles. The number of carbonyl (C=O) groups excluding carboxylic acids is 2. The van der Waals surface area contributed by atoms with Crippen LogP contribution in [0.5, 0.6) is 5.75 Å². The van der Waals surface area contributed by atoms with Gasteiger partial charge in [0.1, 0.15) is 18.3 Å². The zero-order chi connectivity index (χ0) is 33.5. The summed E-state index contributed by atoms with van der Waals surface area (Å²) >= 11 is 6.44. The van der Waals surface area contributed by atoms with Gasteiger partial charge < -0.3 is 15.0 Å². The van der Waals surface area contributed by atoms with Crippen LogP contribution in [0.4, 0.5) is 5.69 Å². The van der Waals surface area contributed by atoms with Gasteiger partial charge in [0.25, 0.3) is 10.0 Å². The number of nitrogens with zero attached hydrogens (tertiary/aromatic N) is 2. The van der Waals surface area contributed by atoms with Crippen molar-refractivity contribution in [1.29, 1.82) is 0 Å². The minimum atomic E-state index is -4.25. The Morgan fingerprint density at radius 2 is 1.48 bits per heavy atom. The third kappa shape index (κ3) is 8.89. The predicted molar refractivity (Wildman–Crippen MR) is 183 cm³/mol. The highest BCUT2D eigenvalue weighted by atomic mass is 35.5. The van der Waals surface area contributed by atoms with Crippen LogP contribution in [0.2, 0.25) is 5.02 Å². The summed E-state index contributed by atoms with van der Waals surface area (Å²) in [5.74, 6) is -0.546. The van der Waals surface area contributed by atoms with Crippen LogP contribution in [0.25, 0.3) is 0 Å². The van der Waals surface area contributed by atoms with Gasteiger partial charge in [0.15, 0.2) is 0 Å². The molecule has 0 radical (unpaired) electrons. The molecular weight excluding hydrogens is 622 g/mol. The topological polar surface area (TPSA) is 96.0 Å². The van der Waals surface area contributed by atoms with Crippen LogP contribution in [0, 0.1) is 6.92 Å². The molecule has 242 valence electrons. The lowest BCUT2D eigenvalue weighted by atomic mass is 10.0. The van der Waals surface area contributed by atoms with Crippen LogP contribution in [-0.4, -0.2) is 50.4 Å². The van der Waals surface area contributed by atoms with E-state index in [9.17, 15) is 18.0 Å². The molecule has 0 bridgehead atoms. The number of rotatable bonds is 12. The van der Waals surface area contributed by atoms with Crippen molar-refractivity contribution in [2.24, 2.45) is 0 Å². The zero-order valence-electron chi connectivity index (χ0n) is 26.7. The number of nitrogens with one attached hydrogen (secondary N) is 1. The molecule has 0 saturated carbocycles. The van der Waals surface area contributed by atoms with Crippen molar-refractivity contribution in [3.05, 3.63) is 125 Å². The van der Waals surface area contributed by atoms with Crippen LogP contribution in [0.15, 0.2) is 108 Å². The quantitative estimate of drug-likeness (QED) is 0.189. The molecule has 0 fully saturated rings. The number of sulfonamides is 1. The van der Waals surface area contributed by atoms with Gasteiger partial charge in [-0.25, -0.2) is 8.42 Å². The molecule has 0 aliphatic rings. The molecule has 8 nitrogen and oxygen atoms in total. The second-order valence-electron chi connectivity index (χ2n) is 12.1. The summed E-state index contributed by atoms with van der Waals surface area (Å²) in [7, 11) is -2.79. The molecule has 46 heavy (non-hydrogen) atoms. The first-order chi connectivity index (χ1) is 21.8. The van der Waals surface area contributed by atoms with E-state index in [2.05, 4.69) is 5.32 Å². The molecule has 0 spiro atoms. The molecule has 0 saturated heterocycles. The maximum absolute atomic E-state index is 14.6. The van der Waals surface area contributed by atoms with Crippen LogP contribution < -0.4 is 14.4 Å². The Labute approximate surface area is 277 Å². The molecular formula is C36H40ClN3O5S. The number of hydrogen-bond donors (Lipinski definition) is 1. The lowest BCUT2D eigenvalue weighted by Crippen LogP contribution is -2.56. The van der Waals surface area contributed by atoms with Crippen molar-refractivity contribution in [2.75, 3.05) is 18.0 Å². The SMILES string of the molecule is COc1ccc(N(CC(=O)N(Cc2ccc(C)cc2)[C@H](Cc2ccccc2)C(=O)NC(C)(C)C)S(=O)(=O)c2ccccc2)cc1Cl. The number of hydrogen-bond acceptors (Lipinski definition) is 5. The summed E-state index contributed by atoms with van der Waals surface area (Å²) in [6.45, 7) is 7.08. The van der Waals surface area contributed by atoms with Gasteiger partial charge >= 0.3 is 0 Å². The fraction of sp³-hybridized carbons (Fsp3) is 0.278. The van der Waals surface area contributed by atoms with Crippen molar-refractivity contribution < 1.29 is 22.7 Å². The largest absolute Gasteiger partial charge is 0.495 e. The fourth-order valence-electron chi connectivity index (χ4n) is 4.96. The van der Waals surface area contributed by atoms with E-state index in [-0.39, 0.29) is 34.5 Å². The Morgan fingerprint density at radius 1 is 0.870 bits per heavy atom. The minimum absolute atomic E-state index is 0.00568. The van der Waals surface area contributed by atoms with Crippen LogP contribution in [0.3, 0.4) is 0 Å². The number of amides is 2. The Kier molecular flexibility index (Phi) is 11.1. The van der Waals surface area contributed by atoms with Crippen LogP contribution in [-0.2, 0) is 32.6 Å². The van der Waals surface area contributed by atoms with Gasteiger partial charge in [-0.15, -0.1) is 0 Å². The van der Waals surface area contributed by atoms with E-state index in [0.717, 1.165) is 21.0 Å². The first kappa shape index (κ1) is 34.5. The normalized spacial score (nSPS) is 12.2. The zero-order valence-corrected chi connectivity index (χ0v) is 28.3. The van der Waals surface area contributed by atoms with Gasteiger partial charge in [0.2, 0.25) is 11.8 Å². The Bertz CT molecular complexity index is 1740. The van der Waals surface area contributed by atoms with Gasteiger partial charge in [-0.05, 0) is 69.2 Å². The number of anilines is 1. The second-order valence-corrected chi connectivity index (χ2v) is 14.4. The number of aryl methyl sites for hydroxylation is 1. The first-order valence-corrected chi connectivity index (χ1v) is 16.7. The average Bonchev–Trinajstić information content (AvgIpc) is 3.02. The van der Waals surface area contributed by atoms with Crippen molar-refractivity contribution in [1.82, 2.24) is 10.2 Å². The average molecular weight is 662 g/mol. The molecule has 4 aromatic carbocycles. The van der Waals surface area contributed by atoms with E-state index in [1.807, 2.05) is 82.3 Å². The van der Waals surface area contributed by atoms with Gasteiger partial charge in [-0.1, -0.05) is 90.0 Å².